The fourth-order valence-corrected chi connectivity index (χ4v) is 4.75. The quantitative estimate of drug-likeness (QED) is 0.920. The highest BCUT2D eigenvalue weighted by molar-refractivity contribution is 8.00. The second-order valence-electron chi connectivity index (χ2n) is 6.40. The van der Waals surface area contributed by atoms with Gasteiger partial charge >= 0.3 is 0 Å². The van der Waals surface area contributed by atoms with Crippen LogP contribution in [0.3, 0.4) is 0 Å². The van der Waals surface area contributed by atoms with E-state index in [0.717, 1.165) is 6.54 Å². The third-order valence-electron chi connectivity index (χ3n) is 4.52. The zero-order valence-electron chi connectivity index (χ0n) is 12.1. The Labute approximate surface area is 120 Å². The van der Waals surface area contributed by atoms with E-state index in [2.05, 4.69) is 46.7 Å². The number of imidazole rings is 1. The molecular weight excluding hydrogens is 254 g/mol. The summed E-state index contributed by atoms with van der Waals surface area (Å²) >= 11 is 2.13. The van der Waals surface area contributed by atoms with Crippen molar-refractivity contribution in [1.82, 2.24) is 14.9 Å². The van der Waals surface area contributed by atoms with Gasteiger partial charge in [0.05, 0.1) is 12.0 Å². The minimum Gasteiger partial charge on any atom is -0.332 e. The second-order valence-corrected chi connectivity index (χ2v) is 8.08. The average molecular weight is 279 g/mol. The van der Waals surface area contributed by atoms with Gasteiger partial charge in [-0.15, -0.1) is 0 Å². The molecule has 3 nitrogen and oxygen atoms in total. The third-order valence-corrected chi connectivity index (χ3v) is 6.05. The van der Waals surface area contributed by atoms with Crippen molar-refractivity contribution in [2.24, 2.45) is 0 Å². The van der Waals surface area contributed by atoms with Gasteiger partial charge in [0.25, 0.3) is 0 Å². The number of thioether (sulfide) groups is 1. The fraction of sp³-hybridized carbons (Fsp3) is 0.800. The van der Waals surface area contributed by atoms with Crippen molar-refractivity contribution in [3.05, 3.63) is 18.2 Å². The van der Waals surface area contributed by atoms with Gasteiger partial charge in [0.15, 0.2) is 0 Å². The molecule has 0 saturated carbocycles. The largest absolute Gasteiger partial charge is 0.332 e. The number of hydrogen-bond acceptors (Lipinski definition) is 3. The van der Waals surface area contributed by atoms with Crippen molar-refractivity contribution in [1.29, 1.82) is 0 Å². The molecule has 0 bridgehead atoms. The van der Waals surface area contributed by atoms with Gasteiger partial charge in [0.1, 0.15) is 0 Å². The molecule has 4 heteroatoms. The molecule has 0 aromatic carbocycles. The van der Waals surface area contributed by atoms with Crippen LogP contribution < -0.4 is 5.32 Å². The number of hydrogen-bond donors (Lipinski definition) is 1. The number of aromatic nitrogens is 2. The second kappa shape index (κ2) is 5.49. The molecule has 2 aliphatic rings. The maximum atomic E-state index is 4.41. The first-order valence-corrected chi connectivity index (χ1v) is 8.55. The van der Waals surface area contributed by atoms with Crippen LogP contribution in [0.2, 0.25) is 0 Å². The van der Waals surface area contributed by atoms with Crippen molar-refractivity contribution < 1.29 is 0 Å². The topological polar surface area (TPSA) is 29.9 Å². The maximum Gasteiger partial charge on any atom is 0.0949 e. The van der Waals surface area contributed by atoms with Crippen molar-refractivity contribution in [2.45, 2.75) is 69.3 Å². The van der Waals surface area contributed by atoms with E-state index in [1.807, 2.05) is 6.33 Å². The van der Waals surface area contributed by atoms with E-state index in [4.69, 9.17) is 0 Å². The molecule has 1 aromatic rings. The number of nitrogens with one attached hydrogen (secondary N) is 1. The molecule has 3 rings (SSSR count). The Morgan fingerprint density at radius 2 is 2.37 bits per heavy atom. The normalized spacial score (nSPS) is 35.7. The first-order chi connectivity index (χ1) is 9.16. The van der Waals surface area contributed by atoms with E-state index in [0.29, 0.717) is 16.8 Å². The molecular formula is C15H25N3S. The summed E-state index contributed by atoms with van der Waals surface area (Å²) in [5.41, 5.74) is 1.39. The molecule has 1 aromatic heterocycles. The van der Waals surface area contributed by atoms with E-state index >= 15 is 0 Å². The SMILES string of the molecule is CC1CCCC(c2cncn2CC2(C)CCCS2)N1. The Hall–Kier alpha value is -0.480. The first kappa shape index (κ1) is 13.5. The summed E-state index contributed by atoms with van der Waals surface area (Å²) < 4.78 is 2.81. The third kappa shape index (κ3) is 3.00. The summed E-state index contributed by atoms with van der Waals surface area (Å²) in [7, 11) is 0. The van der Waals surface area contributed by atoms with Crippen LogP contribution in [0.15, 0.2) is 12.5 Å². The van der Waals surface area contributed by atoms with Crippen LogP contribution in [-0.2, 0) is 6.54 Å². The highest BCUT2D eigenvalue weighted by Crippen LogP contribution is 2.39. The highest BCUT2D eigenvalue weighted by Gasteiger charge is 2.31. The lowest BCUT2D eigenvalue weighted by Crippen LogP contribution is -2.36. The van der Waals surface area contributed by atoms with Gasteiger partial charge < -0.3 is 9.88 Å². The molecule has 0 aliphatic carbocycles. The van der Waals surface area contributed by atoms with E-state index in [1.54, 1.807) is 0 Å². The number of piperidine rings is 1. The number of rotatable bonds is 3. The van der Waals surface area contributed by atoms with Gasteiger partial charge in [0.2, 0.25) is 0 Å². The molecule has 0 amide bonds. The van der Waals surface area contributed by atoms with E-state index < -0.39 is 0 Å². The molecule has 0 spiro atoms. The van der Waals surface area contributed by atoms with Crippen molar-refractivity contribution in [2.75, 3.05) is 5.75 Å². The smallest absolute Gasteiger partial charge is 0.0949 e. The lowest BCUT2D eigenvalue weighted by atomic mass is 9.97. The van der Waals surface area contributed by atoms with Gasteiger partial charge in [-0.1, -0.05) is 0 Å². The van der Waals surface area contributed by atoms with Gasteiger partial charge in [-0.2, -0.15) is 11.8 Å². The zero-order valence-corrected chi connectivity index (χ0v) is 12.9. The lowest BCUT2D eigenvalue weighted by Gasteiger charge is -2.31. The van der Waals surface area contributed by atoms with E-state index in [1.165, 1.54) is 43.6 Å². The fourth-order valence-electron chi connectivity index (χ4n) is 3.45. The van der Waals surface area contributed by atoms with Crippen LogP contribution in [0.1, 0.15) is 57.7 Å². The van der Waals surface area contributed by atoms with Crippen LogP contribution in [0.4, 0.5) is 0 Å². The molecule has 1 N–H and O–H groups in total. The highest BCUT2D eigenvalue weighted by atomic mass is 32.2. The molecule has 2 fully saturated rings. The minimum atomic E-state index is 0.412. The summed E-state index contributed by atoms with van der Waals surface area (Å²) in [5.74, 6) is 1.32. The number of nitrogens with zero attached hydrogens (tertiary/aromatic N) is 2. The van der Waals surface area contributed by atoms with E-state index in [9.17, 15) is 0 Å². The molecule has 2 aliphatic heterocycles. The molecule has 106 valence electrons. The van der Waals surface area contributed by atoms with Crippen LogP contribution in [0.25, 0.3) is 0 Å². The Balaban J connectivity index is 1.74. The standard InChI is InChI=1S/C15H25N3S/c1-12-5-3-6-13(17-12)14-9-16-11-18(14)10-15(2)7-4-8-19-15/h9,11-13,17H,3-8,10H2,1-2H3. The van der Waals surface area contributed by atoms with Gasteiger partial charge in [-0.3, -0.25) is 0 Å². The Bertz CT molecular complexity index is 423. The molecule has 0 radical (unpaired) electrons. The summed E-state index contributed by atoms with van der Waals surface area (Å²) in [4.78, 5) is 4.41. The van der Waals surface area contributed by atoms with Crippen LogP contribution >= 0.6 is 11.8 Å². The molecule has 2 saturated heterocycles. The predicted octanol–water partition coefficient (Wildman–Crippen LogP) is 3.37. The molecule has 19 heavy (non-hydrogen) atoms. The Morgan fingerprint density at radius 1 is 1.47 bits per heavy atom. The van der Waals surface area contributed by atoms with Gasteiger partial charge in [0, 0.05) is 29.6 Å². The Kier molecular flexibility index (Phi) is 3.90. The monoisotopic (exact) mass is 279 g/mol. The summed E-state index contributed by atoms with van der Waals surface area (Å²) in [6.45, 7) is 5.81. The van der Waals surface area contributed by atoms with Crippen molar-refractivity contribution in [3.8, 4) is 0 Å². The summed E-state index contributed by atoms with van der Waals surface area (Å²) in [5, 5.41) is 3.73. The van der Waals surface area contributed by atoms with E-state index in [-0.39, 0.29) is 0 Å². The minimum absolute atomic E-state index is 0.412. The van der Waals surface area contributed by atoms with Gasteiger partial charge in [-0.05, 0) is 51.7 Å². The van der Waals surface area contributed by atoms with Crippen LogP contribution in [-0.4, -0.2) is 26.1 Å². The zero-order chi connectivity index (χ0) is 13.3. The van der Waals surface area contributed by atoms with Gasteiger partial charge in [-0.25, -0.2) is 4.98 Å². The Morgan fingerprint density at radius 3 is 3.11 bits per heavy atom. The maximum absolute atomic E-state index is 4.41. The summed E-state index contributed by atoms with van der Waals surface area (Å²) in [6, 6.07) is 1.14. The molecule has 3 atom stereocenters. The van der Waals surface area contributed by atoms with Crippen LogP contribution in [0, 0.1) is 0 Å². The van der Waals surface area contributed by atoms with Crippen LogP contribution in [0.5, 0.6) is 0 Å². The lowest BCUT2D eigenvalue weighted by molar-refractivity contribution is 0.326. The molecule has 3 heterocycles. The predicted molar refractivity (Wildman–Crippen MR) is 81.5 cm³/mol. The first-order valence-electron chi connectivity index (χ1n) is 7.56. The molecule has 3 unspecified atom stereocenters. The van der Waals surface area contributed by atoms with Crippen molar-refractivity contribution in [3.63, 3.8) is 0 Å². The van der Waals surface area contributed by atoms with Crippen molar-refractivity contribution >= 4 is 11.8 Å². The summed E-state index contributed by atoms with van der Waals surface area (Å²) in [6.07, 6.45) is 10.7. The average Bonchev–Trinajstić information content (AvgIpc) is 2.99.